The van der Waals surface area contributed by atoms with Crippen LogP contribution in [0.15, 0.2) is 24.3 Å². The van der Waals surface area contributed by atoms with Gasteiger partial charge in [-0.25, -0.2) is 0 Å². The lowest BCUT2D eigenvalue weighted by molar-refractivity contribution is -0.144. The van der Waals surface area contributed by atoms with Crippen molar-refractivity contribution in [3.05, 3.63) is 35.4 Å². The van der Waals surface area contributed by atoms with Gasteiger partial charge in [0, 0.05) is 38.1 Å². The fourth-order valence-electron chi connectivity index (χ4n) is 4.09. The molecule has 1 unspecified atom stereocenters. The molecule has 0 saturated carbocycles. The van der Waals surface area contributed by atoms with E-state index in [1.807, 2.05) is 20.8 Å². The molecule has 1 aromatic rings. The van der Waals surface area contributed by atoms with E-state index in [2.05, 4.69) is 34.5 Å². The largest absolute Gasteiger partial charge is 0.354 e. The van der Waals surface area contributed by atoms with Crippen molar-refractivity contribution in [3.8, 4) is 0 Å². The zero-order chi connectivity index (χ0) is 19.4. The van der Waals surface area contributed by atoms with E-state index in [4.69, 9.17) is 0 Å². The van der Waals surface area contributed by atoms with Crippen molar-refractivity contribution in [1.29, 1.82) is 0 Å². The van der Waals surface area contributed by atoms with E-state index in [1.54, 1.807) is 4.90 Å². The molecule has 5 nitrogen and oxygen atoms in total. The molecule has 5 heteroatoms. The van der Waals surface area contributed by atoms with E-state index in [-0.39, 0.29) is 17.9 Å². The molecule has 1 fully saturated rings. The average Bonchev–Trinajstić information content (AvgIpc) is 3.13. The molecule has 0 aromatic heterocycles. The molecule has 0 spiro atoms. The smallest absolute Gasteiger partial charge is 0.242 e. The monoisotopic (exact) mass is 371 g/mol. The summed E-state index contributed by atoms with van der Waals surface area (Å²) >= 11 is 0. The van der Waals surface area contributed by atoms with Crippen LogP contribution >= 0.6 is 0 Å². The standard InChI is InChI=1S/C22H33N3O2/c1-22(2,3)21(27)25-14-6-10-19(25)20(26)23-12-7-13-24-15-11-17-8-4-5-9-18(17)16-24/h4-5,8-9,19H,6-7,10-16H2,1-3H3,(H,23,26). The van der Waals surface area contributed by atoms with E-state index in [0.29, 0.717) is 13.1 Å². The van der Waals surface area contributed by atoms with Gasteiger partial charge in [-0.1, -0.05) is 45.0 Å². The highest BCUT2D eigenvalue weighted by Crippen LogP contribution is 2.25. The molecular formula is C22H33N3O2. The third kappa shape index (κ3) is 4.89. The first-order valence-electron chi connectivity index (χ1n) is 10.2. The van der Waals surface area contributed by atoms with Gasteiger partial charge in [-0.15, -0.1) is 0 Å². The van der Waals surface area contributed by atoms with Crippen molar-refractivity contribution >= 4 is 11.8 Å². The molecule has 2 aliphatic heterocycles. The summed E-state index contributed by atoms with van der Waals surface area (Å²) in [7, 11) is 0. The first kappa shape index (κ1) is 19.9. The fourth-order valence-corrected chi connectivity index (χ4v) is 4.09. The Morgan fingerprint density at radius 1 is 1.15 bits per heavy atom. The summed E-state index contributed by atoms with van der Waals surface area (Å²) in [6.45, 7) is 10.2. The molecule has 27 heavy (non-hydrogen) atoms. The second-order valence-corrected chi connectivity index (χ2v) is 8.85. The average molecular weight is 372 g/mol. The zero-order valence-electron chi connectivity index (χ0n) is 17.0. The van der Waals surface area contributed by atoms with Crippen LogP contribution in [0.1, 0.15) is 51.2 Å². The van der Waals surface area contributed by atoms with Gasteiger partial charge in [0.2, 0.25) is 11.8 Å². The van der Waals surface area contributed by atoms with Crippen molar-refractivity contribution in [2.24, 2.45) is 5.41 Å². The Bertz CT molecular complexity index is 680. The maximum absolute atomic E-state index is 12.6. The van der Waals surface area contributed by atoms with Gasteiger partial charge in [0.25, 0.3) is 0 Å². The number of rotatable bonds is 5. The first-order chi connectivity index (χ1) is 12.9. The SMILES string of the molecule is CC(C)(C)C(=O)N1CCCC1C(=O)NCCCN1CCc2ccccc2C1. The molecule has 2 heterocycles. The van der Waals surface area contributed by atoms with Crippen LogP contribution in [0.5, 0.6) is 0 Å². The number of benzene rings is 1. The molecule has 0 radical (unpaired) electrons. The van der Waals surface area contributed by atoms with Gasteiger partial charge in [-0.05, 0) is 36.8 Å². The maximum Gasteiger partial charge on any atom is 0.242 e. The third-order valence-electron chi connectivity index (χ3n) is 5.62. The molecule has 1 N–H and O–H groups in total. The molecule has 2 amide bonds. The van der Waals surface area contributed by atoms with E-state index in [0.717, 1.165) is 45.3 Å². The Balaban J connectivity index is 1.42. The second kappa shape index (κ2) is 8.42. The number of nitrogens with one attached hydrogen (secondary N) is 1. The number of carbonyl (C=O) groups excluding carboxylic acids is 2. The predicted molar refractivity (Wildman–Crippen MR) is 107 cm³/mol. The van der Waals surface area contributed by atoms with E-state index in [9.17, 15) is 9.59 Å². The van der Waals surface area contributed by atoms with Crippen LogP contribution in [0.4, 0.5) is 0 Å². The molecule has 1 aromatic carbocycles. The maximum atomic E-state index is 12.6. The zero-order valence-corrected chi connectivity index (χ0v) is 17.0. The Labute approximate surface area is 163 Å². The topological polar surface area (TPSA) is 52.7 Å². The summed E-state index contributed by atoms with van der Waals surface area (Å²) in [5, 5.41) is 3.06. The number of amides is 2. The second-order valence-electron chi connectivity index (χ2n) is 8.85. The summed E-state index contributed by atoms with van der Waals surface area (Å²) in [6.07, 6.45) is 3.73. The number of fused-ring (bicyclic) bond motifs is 1. The van der Waals surface area contributed by atoms with Crippen molar-refractivity contribution in [2.75, 3.05) is 26.2 Å². The summed E-state index contributed by atoms with van der Waals surface area (Å²) in [5.74, 6) is 0.0845. The van der Waals surface area contributed by atoms with Gasteiger partial charge < -0.3 is 10.2 Å². The van der Waals surface area contributed by atoms with Crippen LogP contribution in [0.3, 0.4) is 0 Å². The molecular weight excluding hydrogens is 338 g/mol. The molecule has 1 atom stereocenters. The summed E-state index contributed by atoms with van der Waals surface area (Å²) in [5.41, 5.74) is 2.45. The molecule has 148 valence electrons. The van der Waals surface area contributed by atoms with Gasteiger partial charge in [0.15, 0.2) is 0 Å². The van der Waals surface area contributed by atoms with E-state index >= 15 is 0 Å². The lowest BCUT2D eigenvalue weighted by atomic mass is 9.94. The van der Waals surface area contributed by atoms with E-state index < -0.39 is 5.41 Å². The number of hydrogen-bond acceptors (Lipinski definition) is 3. The van der Waals surface area contributed by atoms with Crippen LogP contribution in [0.2, 0.25) is 0 Å². The van der Waals surface area contributed by atoms with Crippen molar-refractivity contribution in [2.45, 2.75) is 59.0 Å². The van der Waals surface area contributed by atoms with Gasteiger partial charge in [0.1, 0.15) is 6.04 Å². The van der Waals surface area contributed by atoms with Crippen molar-refractivity contribution in [3.63, 3.8) is 0 Å². The molecule has 0 bridgehead atoms. The third-order valence-corrected chi connectivity index (χ3v) is 5.62. The van der Waals surface area contributed by atoms with Crippen LogP contribution in [0.25, 0.3) is 0 Å². The Kier molecular flexibility index (Phi) is 6.20. The van der Waals surface area contributed by atoms with Gasteiger partial charge >= 0.3 is 0 Å². The van der Waals surface area contributed by atoms with Crippen LogP contribution in [-0.2, 0) is 22.6 Å². The van der Waals surface area contributed by atoms with Crippen LogP contribution in [-0.4, -0.2) is 53.8 Å². The summed E-state index contributed by atoms with van der Waals surface area (Å²) in [6, 6.07) is 8.36. The number of likely N-dealkylation sites (tertiary alicyclic amines) is 1. The van der Waals surface area contributed by atoms with Crippen LogP contribution in [0, 0.1) is 5.41 Å². The lowest BCUT2D eigenvalue weighted by Crippen LogP contribution is -2.49. The Hall–Kier alpha value is -1.88. The molecule has 1 saturated heterocycles. The highest BCUT2D eigenvalue weighted by Gasteiger charge is 2.38. The van der Waals surface area contributed by atoms with Crippen molar-refractivity contribution in [1.82, 2.24) is 15.1 Å². The number of carbonyl (C=O) groups is 2. The fraction of sp³-hybridized carbons (Fsp3) is 0.636. The minimum atomic E-state index is -0.437. The number of hydrogen-bond donors (Lipinski definition) is 1. The van der Waals surface area contributed by atoms with Gasteiger partial charge in [-0.2, -0.15) is 0 Å². The van der Waals surface area contributed by atoms with Gasteiger partial charge in [-0.3, -0.25) is 14.5 Å². The molecule has 3 rings (SSSR count). The first-order valence-corrected chi connectivity index (χ1v) is 10.2. The normalized spacial score (nSPS) is 20.4. The number of nitrogens with zero attached hydrogens (tertiary/aromatic N) is 2. The molecule has 0 aliphatic carbocycles. The highest BCUT2D eigenvalue weighted by molar-refractivity contribution is 5.90. The minimum Gasteiger partial charge on any atom is -0.354 e. The van der Waals surface area contributed by atoms with Crippen molar-refractivity contribution < 1.29 is 9.59 Å². The van der Waals surface area contributed by atoms with E-state index in [1.165, 1.54) is 11.1 Å². The van der Waals surface area contributed by atoms with Gasteiger partial charge in [0.05, 0.1) is 0 Å². The minimum absolute atomic E-state index is 0.00842. The summed E-state index contributed by atoms with van der Waals surface area (Å²) in [4.78, 5) is 29.4. The van der Waals surface area contributed by atoms with Crippen LogP contribution < -0.4 is 5.32 Å². The predicted octanol–water partition coefficient (Wildman–Crippen LogP) is 2.59. The highest BCUT2D eigenvalue weighted by atomic mass is 16.2. The lowest BCUT2D eigenvalue weighted by Gasteiger charge is -2.30. The summed E-state index contributed by atoms with van der Waals surface area (Å²) < 4.78 is 0. The molecule has 2 aliphatic rings. The quantitative estimate of drug-likeness (QED) is 0.810. The Morgan fingerprint density at radius 2 is 1.89 bits per heavy atom. The Morgan fingerprint density at radius 3 is 2.63 bits per heavy atom.